The lowest BCUT2D eigenvalue weighted by Gasteiger charge is -2.19. The van der Waals surface area contributed by atoms with Gasteiger partial charge in [-0.2, -0.15) is 0 Å². The Hall–Kier alpha value is -6.18. The molecule has 0 unspecified atom stereocenters. The zero-order chi connectivity index (χ0) is 30.9. The molecule has 9 aromatic carbocycles. The third-order valence-corrected chi connectivity index (χ3v) is 9.85. The molecular weight excluding hydrogens is 569 g/mol. The monoisotopic (exact) mass is 596 g/mol. The minimum absolute atomic E-state index is 0.913. The van der Waals surface area contributed by atoms with E-state index in [1.54, 1.807) is 0 Å². The summed E-state index contributed by atoms with van der Waals surface area (Å²) < 4.78 is 6.35. The van der Waals surface area contributed by atoms with Crippen LogP contribution in [0.3, 0.4) is 0 Å². The van der Waals surface area contributed by atoms with E-state index < -0.39 is 0 Å². The second-order valence-corrected chi connectivity index (χ2v) is 12.4. The number of furan rings is 1. The molecule has 10 aromatic rings. The van der Waals surface area contributed by atoms with Crippen LogP contribution in [0, 0.1) is 0 Å². The maximum atomic E-state index is 6.35. The van der Waals surface area contributed by atoms with Gasteiger partial charge in [-0.15, -0.1) is 0 Å². The van der Waals surface area contributed by atoms with Crippen molar-refractivity contribution >= 4 is 65.0 Å². The van der Waals surface area contributed by atoms with Crippen molar-refractivity contribution in [3.8, 4) is 33.4 Å². The molecule has 0 fully saturated rings. The van der Waals surface area contributed by atoms with Crippen molar-refractivity contribution in [1.82, 2.24) is 0 Å². The number of rotatable bonds is 3. The van der Waals surface area contributed by atoms with Crippen molar-refractivity contribution in [3.05, 3.63) is 170 Å². The van der Waals surface area contributed by atoms with Gasteiger partial charge in [-0.3, -0.25) is 0 Å². The van der Waals surface area contributed by atoms with Gasteiger partial charge in [0.25, 0.3) is 0 Å². The van der Waals surface area contributed by atoms with E-state index in [2.05, 4.69) is 158 Å². The standard InChI is InChI=1S/C46H28O/c1-2-12-30-27-31(24-23-29(30)11-1)33-18-9-20-35-34(33)19-10-21-38(35)46-41-16-5-3-14-39(41)45(40-15-4-6-17-42(40)46)32-25-26-37-36-13-7-8-22-43(36)47-44(37)28-32/h1-28H. The number of para-hydroxylation sites is 1. The number of hydrogen-bond acceptors (Lipinski definition) is 1. The van der Waals surface area contributed by atoms with Gasteiger partial charge >= 0.3 is 0 Å². The molecule has 1 heterocycles. The largest absolute Gasteiger partial charge is 0.456 e. The molecule has 1 nitrogen and oxygen atoms in total. The van der Waals surface area contributed by atoms with E-state index in [0.717, 1.165) is 27.5 Å². The van der Waals surface area contributed by atoms with E-state index in [4.69, 9.17) is 4.42 Å². The van der Waals surface area contributed by atoms with Gasteiger partial charge in [-0.25, -0.2) is 0 Å². The molecule has 1 heteroatoms. The summed E-state index contributed by atoms with van der Waals surface area (Å²) in [5.74, 6) is 0. The predicted octanol–water partition coefficient (Wildman–Crippen LogP) is 13.2. The third-order valence-electron chi connectivity index (χ3n) is 9.85. The van der Waals surface area contributed by atoms with Gasteiger partial charge in [0, 0.05) is 10.8 Å². The summed E-state index contributed by atoms with van der Waals surface area (Å²) in [7, 11) is 0. The van der Waals surface area contributed by atoms with E-state index in [0.29, 0.717) is 0 Å². The molecule has 0 bridgehead atoms. The number of benzene rings is 9. The Morgan fingerprint density at radius 3 is 1.55 bits per heavy atom. The molecule has 10 rings (SSSR count). The second-order valence-electron chi connectivity index (χ2n) is 12.4. The molecule has 0 amide bonds. The molecule has 0 saturated carbocycles. The van der Waals surface area contributed by atoms with Crippen LogP contribution >= 0.6 is 0 Å². The molecular formula is C46H28O. The minimum atomic E-state index is 0.913. The molecule has 0 aliphatic carbocycles. The highest BCUT2D eigenvalue weighted by atomic mass is 16.3. The van der Waals surface area contributed by atoms with Crippen molar-refractivity contribution in [3.63, 3.8) is 0 Å². The molecule has 0 atom stereocenters. The Morgan fingerprint density at radius 1 is 0.277 bits per heavy atom. The zero-order valence-corrected chi connectivity index (χ0v) is 25.6. The fourth-order valence-electron chi connectivity index (χ4n) is 7.75. The first-order chi connectivity index (χ1) is 23.3. The quantitative estimate of drug-likeness (QED) is 0.185. The van der Waals surface area contributed by atoms with Crippen molar-refractivity contribution in [1.29, 1.82) is 0 Å². The van der Waals surface area contributed by atoms with Crippen LogP contribution in [0.4, 0.5) is 0 Å². The van der Waals surface area contributed by atoms with Gasteiger partial charge in [0.15, 0.2) is 0 Å². The Morgan fingerprint density at radius 2 is 0.809 bits per heavy atom. The van der Waals surface area contributed by atoms with Crippen LogP contribution in [-0.2, 0) is 0 Å². The fraction of sp³-hybridized carbons (Fsp3) is 0. The lowest BCUT2D eigenvalue weighted by molar-refractivity contribution is 0.669. The van der Waals surface area contributed by atoms with Gasteiger partial charge in [0.2, 0.25) is 0 Å². The Balaban J connectivity index is 1.25. The SMILES string of the molecule is c1ccc2cc(-c3cccc4c(-c5c6ccccc6c(-c6ccc7c(c6)oc6ccccc67)c6ccccc56)cccc34)ccc2c1. The highest BCUT2D eigenvalue weighted by Crippen LogP contribution is 2.46. The van der Waals surface area contributed by atoms with Gasteiger partial charge in [-0.05, 0) is 101 Å². The fourth-order valence-corrected chi connectivity index (χ4v) is 7.75. The van der Waals surface area contributed by atoms with Crippen LogP contribution in [-0.4, -0.2) is 0 Å². The highest BCUT2D eigenvalue weighted by molar-refractivity contribution is 6.24. The Bertz CT molecular complexity index is 2800. The van der Waals surface area contributed by atoms with Crippen molar-refractivity contribution in [2.45, 2.75) is 0 Å². The summed E-state index contributed by atoms with van der Waals surface area (Å²) in [4.78, 5) is 0. The van der Waals surface area contributed by atoms with Crippen LogP contribution in [0.15, 0.2) is 174 Å². The molecule has 1 aromatic heterocycles. The summed E-state index contributed by atoms with van der Waals surface area (Å²) in [6.07, 6.45) is 0. The van der Waals surface area contributed by atoms with E-state index in [-0.39, 0.29) is 0 Å². The van der Waals surface area contributed by atoms with Crippen molar-refractivity contribution in [2.75, 3.05) is 0 Å². The van der Waals surface area contributed by atoms with Crippen LogP contribution in [0.2, 0.25) is 0 Å². The average molecular weight is 597 g/mol. The first-order valence-electron chi connectivity index (χ1n) is 16.2. The van der Waals surface area contributed by atoms with Crippen LogP contribution in [0.5, 0.6) is 0 Å². The minimum Gasteiger partial charge on any atom is -0.456 e. The first kappa shape index (κ1) is 26.1. The van der Waals surface area contributed by atoms with Gasteiger partial charge in [0.05, 0.1) is 0 Å². The lowest BCUT2D eigenvalue weighted by Crippen LogP contribution is -1.92. The van der Waals surface area contributed by atoms with Crippen LogP contribution < -0.4 is 0 Å². The highest BCUT2D eigenvalue weighted by Gasteiger charge is 2.19. The molecule has 218 valence electrons. The van der Waals surface area contributed by atoms with Crippen LogP contribution in [0.25, 0.3) is 98.4 Å². The smallest absolute Gasteiger partial charge is 0.136 e. The summed E-state index contributed by atoms with van der Waals surface area (Å²) in [5.41, 5.74) is 9.23. The Kier molecular flexibility index (Phi) is 5.64. The van der Waals surface area contributed by atoms with E-state index in [9.17, 15) is 0 Å². The van der Waals surface area contributed by atoms with E-state index >= 15 is 0 Å². The summed E-state index contributed by atoms with van der Waals surface area (Å²) in [6.45, 7) is 0. The maximum absolute atomic E-state index is 6.35. The summed E-state index contributed by atoms with van der Waals surface area (Å²) >= 11 is 0. The van der Waals surface area contributed by atoms with E-state index in [1.165, 1.54) is 70.9 Å². The molecule has 0 N–H and O–H groups in total. The van der Waals surface area contributed by atoms with Crippen molar-refractivity contribution in [2.24, 2.45) is 0 Å². The van der Waals surface area contributed by atoms with Crippen LogP contribution in [0.1, 0.15) is 0 Å². The number of hydrogen-bond donors (Lipinski definition) is 0. The number of fused-ring (bicyclic) bond motifs is 7. The van der Waals surface area contributed by atoms with Gasteiger partial charge in [-0.1, -0.05) is 146 Å². The molecule has 47 heavy (non-hydrogen) atoms. The van der Waals surface area contributed by atoms with E-state index in [1.807, 2.05) is 12.1 Å². The molecule has 0 spiro atoms. The Labute approximate surface area is 271 Å². The molecule has 0 radical (unpaired) electrons. The molecule has 0 saturated heterocycles. The predicted molar refractivity (Wildman–Crippen MR) is 200 cm³/mol. The average Bonchev–Trinajstić information content (AvgIpc) is 3.51. The summed E-state index contributed by atoms with van der Waals surface area (Å²) in [6, 6.07) is 61.6. The lowest BCUT2D eigenvalue weighted by atomic mass is 9.84. The maximum Gasteiger partial charge on any atom is 0.136 e. The normalized spacial score (nSPS) is 11.8. The first-order valence-corrected chi connectivity index (χ1v) is 16.2. The summed E-state index contributed by atoms with van der Waals surface area (Å²) in [5, 5.41) is 12.3. The molecule has 0 aliphatic heterocycles. The topological polar surface area (TPSA) is 13.1 Å². The van der Waals surface area contributed by atoms with Gasteiger partial charge in [0.1, 0.15) is 11.2 Å². The molecule has 0 aliphatic rings. The zero-order valence-electron chi connectivity index (χ0n) is 25.6. The second kappa shape index (κ2) is 10.2. The van der Waals surface area contributed by atoms with Crippen molar-refractivity contribution < 1.29 is 4.42 Å². The van der Waals surface area contributed by atoms with Gasteiger partial charge < -0.3 is 4.42 Å². The third kappa shape index (κ3) is 3.97.